The van der Waals surface area contributed by atoms with Gasteiger partial charge in [-0.3, -0.25) is 19.2 Å². The molecule has 1 fully saturated rings. The summed E-state index contributed by atoms with van der Waals surface area (Å²) in [4.78, 5) is 55.6. The zero-order valence-electron chi connectivity index (χ0n) is 32.3. The topological polar surface area (TPSA) is 211 Å². The van der Waals surface area contributed by atoms with Gasteiger partial charge in [-0.05, 0) is 53.4 Å². The van der Waals surface area contributed by atoms with Gasteiger partial charge < -0.3 is 32.5 Å². The molecule has 1 aliphatic carbocycles. The molecule has 12 nitrogen and oxygen atoms in total. The van der Waals surface area contributed by atoms with Gasteiger partial charge in [0.1, 0.15) is 12.1 Å². The third kappa shape index (κ3) is 11.9. The lowest BCUT2D eigenvalue weighted by Crippen LogP contribution is -2.57. The molecule has 2 aromatic carbocycles. The molecule has 2 aromatic rings. The highest BCUT2D eigenvalue weighted by Crippen LogP contribution is 2.38. The van der Waals surface area contributed by atoms with Crippen LogP contribution in [0.25, 0.3) is 0 Å². The van der Waals surface area contributed by atoms with E-state index in [4.69, 9.17) is 11.5 Å². The lowest BCUT2D eigenvalue weighted by atomic mass is 9.76. The van der Waals surface area contributed by atoms with E-state index in [1.54, 1.807) is 18.2 Å². The first kappa shape index (κ1) is 43.1. The number of nitrogens with one attached hydrogen (secondary N) is 3. The largest absolute Gasteiger partial charge is 0.390 e. The van der Waals surface area contributed by atoms with Crippen LogP contribution in [0.5, 0.6) is 0 Å². The first-order valence-corrected chi connectivity index (χ1v) is 21.2. The molecule has 0 aromatic heterocycles. The number of fused-ring (bicyclic) bond motifs is 1. The van der Waals surface area contributed by atoms with Crippen molar-refractivity contribution in [3.05, 3.63) is 65.2 Å². The Bertz CT molecular complexity index is 1690. The van der Waals surface area contributed by atoms with Gasteiger partial charge in [0.25, 0.3) is 0 Å². The average molecular weight is 768 g/mol. The minimum atomic E-state index is -3.62. The molecule has 298 valence electrons. The number of Topliss-reactive ketones (excluding diaryl/α,β-unsaturated/α-hetero) is 1. The highest BCUT2D eigenvalue weighted by Gasteiger charge is 2.41. The summed E-state index contributed by atoms with van der Waals surface area (Å²) in [6, 6.07) is 10.7. The first-order valence-electron chi connectivity index (χ1n) is 19.5. The Morgan fingerprint density at radius 3 is 2.19 bits per heavy atom. The fourth-order valence-electron chi connectivity index (χ4n) is 7.74. The van der Waals surface area contributed by atoms with Crippen molar-refractivity contribution >= 4 is 33.3 Å². The molecule has 1 heterocycles. The van der Waals surface area contributed by atoms with Crippen LogP contribution < -0.4 is 27.4 Å². The van der Waals surface area contributed by atoms with Crippen LogP contribution in [-0.2, 0) is 42.0 Å². The Labute approximate surface area is 320 Å². The summed E-state index contributed by atoms with van der Waals surface area (Å²) < 4.78 is 26.0. The second-order valence-electron chi connectivity index (χ2n) is 16.2. The number of carbonyl (C=O) groups excluding carboxylic acids is 4. The average Bonchev–Trinajstić information content (AvgIpc) is 3.39. The summed E-state index contributed by atoms with van der Waals surface area (Å²) >= 11 is 0. The number of nitrogens with two attached hydrogens (primary N) is 2. The van der Waals surface area contributed by atoms with Crippen molar-refractivity contribution in [2.75, 3.05) is 12.3 Å². The molecule has 0 radical (unpaired) electrons. The maximum atomic E-state index is 14.6. The Balaban J connectivity index is 1.57. The van der Waals surface area contributed by atoms with E-state index in [0.29, 0.717) is 24.1 Å². The summed E-state index contributed by atoms with van der Waals surface area (Å²) in [5, 5.41) is 20.1. The van der Waals surface area contributed by atoms with Gasteiger partial charge in [0.2, 0.25) is 17.7 Å². The van der Waals surface area contributed by atoms with Gasteiger partial charge >= 0.3 is 0 Å². The molecule has 2 unspecified atom stereocenters. The molecule has 0 spiro atoms. The van der Waals surface area contributed by atoms with Crippen molar-refractivity contribution in [2.24, 2.45) is 35.1 Å². The molecule has 54 heavy (non-hydrogen) atoms. The van der Waals surface area contributed by atoms with Crippen LogP contribution in [0.4, 0.5) is 0 Å². The molecule has 4 rings (SSSR count). The van der Waals surface area contributed by atoms with Crippen LogP contribution in [-0.4, -0.2) is 73.6 Å². The van der Waals surface area contributed by atoms with Crippen molar-refractivity contribution in [1.29, 1.82) is 0 Å². The maximum absolute atomic E-state index is 14.6. The van der Waals surface area contributed by atoms with E-state index in [9.17, 15) is 32.7 Å². The molecular weight excluding hydrogens is 707 g/mol. The minimum Gasteiger partial charge on any atom is -0.390 e. The predicted octanol–water partition coefficient (Wildman–Crippen LogP) is 3.28. The third-order valence-corrected chi connectivity index (χ3v) is 12.6. The highest BCUT2D eigenvalue weighted by molar-refractivity contribution is 7.91. The van der Waals surface area contributed by atoms with E-state index in [1.807, 2.05) is 58.0 Å². The molecule has 1 saturated carbocycles. The van der Waals surface area contributed by atoms with E-state index < -0.39 is 69.4 Å². The second kappa shape index (κ2) is 19.8. The molecule has 1 aliphatic heterocycles. The smallest absolute Gasteiger partial charge is 0.243 e. The molecule has 2 aliphatic rings. The van der Waals surface area contributed by atoms with Crippen molar-refractivity contribution in [2.45, 2.75) is 127 Å². The Hall–Kier alpha value is -3.65. The van der Waals surface area contributed by atoms with Crippen LogP contribution in [0, 0.1) is 23.7 Å². The Morgan fingerprint density at radius 2 is 1.56 bits per heavy atom. The number of sulfone groups is 1. The van der Waals surface area contributed by atoms with Gasteiger partial charge in [-0.1, -0.05) is 102 Å². The van der Waals surface area contributed by atoms with Gasteiger partial charge in [-0.25, -0.2) is 8.42 Å². The summed E-state index contributed by atoms with van der Waals surface area (Å²) in [6.45, 7) is 8.31. The third-order valence-electron chi connectivity index (χ3n) is 10.7. The maximum Gasteiger partial charge on any atom is 0.243 e. The number of amides is 3. The summed E-state index contributed by atoms with van der Waals surface area (Å²) in [5.41, 5.74) is 14.1. The van der Waals surface area contributed by atoms with E-state index in [0.717, 1.165) is 37.7 Å². The second-order valence-corrected chi connectivity index (χ2v) is 18.2. The van der Waals surface area contributed by atoms with E-state index in [2.05, 4.69) is 16.0 Å². The van der Waals surface area contributed by atoms with E-state index in [-0.39, 0.29) is 54.2 Å². The number of carbonyl (C=O) groups is 4. The van der Waals surface area contributed by atoms with Gasteiger partial charge in [0.05, 0.1) is 22.8 Å². The van der Waals surface area contributed by atoms with Crippen molar-refractivity contribution < 1.29 is 32.7 Å². The molecule has 13 heteroatoms. The van der Waals surface area contributed by atoms with E-state index >= 15 is 0 Å². The van der Waals surface area contributed by atoms with Gasteiger partial charge in [-0.15, -0.1) is 0 Å². The van der Waals surface area contributed by atoms with Crippen molar-refractivity contribution in [3.63, 3.8) is 0 Å². The first-order chi connectivity index (χ1) is 25.6. The molecular formula is C41H61N5O7S. The molecule has 3 amide bonds. The zero-order valence-corrected chi connectivity index (χ0v) is 33.1. The number of ketones is 1. The van der Waals surface area contributed by atoms with E-state index in [1.165, 1.54) is 0 Å². The van der Waals surface area contributed by atoms with Crippen molar-refractivity contribution in [3.8, 4) is 0 Å². The molecule has 0 saturated heterocycles. The van der Waals surface area contributed by atoms with Gasteiger partial charge in [-0.2, -0.15) is 0 Å². The molecule has 8 N–H and O–H groups in total. The fourth-order valence-corrected chi connectivity index (χ4v) is 9.68. The minimum absolute atomic E-state index is 0.0268. The summed E-state index contributed by atoms with van der Waals surface area (Å²) in [5.74, 6) is -3.53. The normalized spacial score (nSPS) is 19.7. The molecule has 0 bridgehead atoms. The van der Waals surface area contributed by atoms with Crippen molar-refractivity contribution in [1.82, 2.24) is 16.0 Å². The van der Waals surface area contributed by atoms with Crippen LogP contribution in [0.2, 0.25) is 0 Å². The number of aliphatic hydroxyl groups is 1. The quantitative estimate of drug-likeness (QED) is 0.124. The SMILES string of the molecule is CC(C)CNC(=O)C(N)[C@@H](O)[C@H](CC1CCCCC1)C(=O)[C@H](CC(C)C)NC(=O)[C@H](Cc1ccccc1)NC(=O)CC1CS(=O)(=O)c2cc(CN)ccc21. The molecule has 6 atom stereocenters. The number of hydrogen-bond acceptors (Lipinski definition) is 9. The predicted molar refractivity (Wildman–Crippen MR) is 209 cm³/mol. The van der Waals surface area contributed by atoms with Crippen LogP contribution in [0.3, 0.4) is 0 Å². The monoisotopic (exact) mass is 767 g/mol. The standard InChI is InChI=1S/C41H61N5O7S/c1-25(2)17-33(38(48)32(18-27-11-7-5-8-12-27)39(49)37(43)41(51)44-23-26(3)4)46-40(50)34(19-28-13-9-6-10-14-28)45-36(47)21-30-24-54(52,53)35-20-29(22-42)15-16-31(30)35/h6,9-10,13-16,20,25-27,30,32-34,37,39,49H,5,7-8,11-12,17-19,21-24,42-43H2,1-4H3,(H,44,51)(H,45,47)(H,46,50)/t30?,32-,33+,34+,37?,39+/m1/s1. The number of aliphatic hydroxyl groups excluding tert-OH is 1. The highest BCUT2D eigenvalue weighted by atomic mass is 32.2. The number of hydrogen-bond donors (Lipinski definition) is 6. The number of benzene rings is 2. The van der Waals surface area contributed by atoms with Crippen LogP contribution in [0.15, 0.2) is 53.4 Å². The Morgan fingerprint density at radius 1 is 0.870 bits per heavy atom. The zero-order chi connectivity index (χ0) is 39.6. The lowest BCUT2D eigenvalue weighted by molar-refractivity contribution is -0.137. The summed E-state index contributed by atoms with van der Waals surface area (Å²) in [7, 11) is -3.62. The van der Waals surface area contributed by atoms with Crippen LogP contribution >= 0.6 is 0 Å². The fraction of sp³-hybridized carbons (Fsp3) is 0.610. The number of rotatable bonds is 19. The van der Waals surface area contributed by atoms with Gasteiger partial charge in [0, 0.05) is 37.8 Å². The Kier molecular flexibility index (Phi) is 15.8. The van der Waals surface area contributed by atoms with Gasteiger partial charge in [0.15, 0.2) is 15.6 Å². The van der Waals surface area contributed by atoms with Crippen LogP contribution in [0.1, 0.15) is 102 Å². The summed E-state index contributed by atoms with van der Waals surface area (Å²) in [6.07, 6.45) is 4.04. The lowest BCUT2D eigenvalue weighted by Gasteiger charge is -2.34.